The van der Waals surface area contributed by atoms with Gasteiger partial charge < -0.3 is 5.11 Å². The Labute approximate surface area is 94.4 Å². The van der Waals surface area contributed by atoms with Crippen LogP contribution in [-0.4, -0.2) is 16.6 Å². The van der Waals surface area contributed by atoms with Gasteiger partial charge in [-0.15, -0.1) is 0 Å². The highest BCUT2D eigenvalue weighted by Crippen LogP contribution is 2.36. The summed E-state index contributed by atoms with van der Waals surface area (Å²) in [5, 5.41) is 10.9. The molecule has 0 spiro atoms. The van der Waals surface area contributed by atoms with Crippen LogP contribution >= 0.6 is 0 Å². The lowest BCUT2D eigenvalue weighted by molar-refractivity contribution is -0.119. The van der Waals surface area contributed by atoms with Crippen molar-refractivity contribution >= 4 is 11.6 Å². The maximum atomic E-state index is 11.8. The number of rotatable bonds is 2. The number of carbonyl (C=O) groups is 1. The monoisotopic (exact) mass is 221 g/mol. The van der Waals surface area contributed by atoms with Gasteiger partial charge in [0.15, 0.2) is 0 Å². The number of nitrogens with zero attached hydrogens (tertiary/aromatic N) is 1. The van der Waals surface area contributed by atoms with Crippen molar-refractivity contribution < 1.29 is 14.7 Å². The first kappa shape index (κ1) is 11.0. The molecule has 4 heteroatoms. The second kappa shape index (κ2) is 3.79. The largest absolute Gasteiger partial charge is 0.506 e. The highest BCUT2D eigenvalue weighted by molar-refractivity contribution is 5.95. The number of benzene rings is 1. The molecule has 4 nitrogen and oxygen atoms in total. The number of para-hydroxylation sites is 2. The molecule has 1 aromatic carbocycles. The van der Waals surface area contributed by atoms with Gasteiger partial charge in [0, 0.05) is 0 Å². The van der Waals surface area contributed by atoms with Gasteiger partial charge in [-0.25, -0.2) is 0 Å². The highest BCUT2D eigenvalue weighted by atomic mass is 16.7. The van der Waals surface area contributed by atoms with Crippen LogP contribution in [0.3, 0.4) is 0 Å². The maximum absolute atomic E-state index is 11.8. The van der Waals surface area contributed by atoms with Crippen molar-refractivity contribution in [3.63, 3.8) is 0 Å². The Morgan fingerprint density at radius 3 is 2.75 bits per heavy atom. The fraction of sp³-hybridized carbons (Fsp3) is 0.417. The number of hydrogen-bond acceptors (Lipinski definition) is 3. The molecule has 0 aromatic heterocycles. The molecule has 1 fully saturated rings. The van der Waals surface area contributed by atoms with Gasteiger partial charge in [0.1, 0.15) is 17.0 Å². The second-order valence-corrected chi connectivity index (χ2v) is 4.25. The first-order valence-electron chi connectivity index (χ1n) is 5.36. The Balaban J connectivity index is 2.31. The molecule has 1 amide bonds. The lowest BCUT2D eigenvalue weighted by Gasteiger charge is -2.22. The van der Waals surface area contributed by atoms with Crippen molar-refractivity contribution in [2.24, 2.45) is 0 Å². The van der Waals surface area contributed by atoms with Gasteiger partial charge in [0.05, 0.1) is 6.42 Å². The Kier molecular flexibility index (Phi) is 2.59. The lowest BCUT2D eigenvalue weighted by Crippen LogP contribution is -2.27. The Morgan fingerprint density at radius 2 is 2.19 bits per heavy atom. The third kappa shape index (κ3) is 1.76. The molecular weight excluding hydrogens is 206 g/mol. The number of hydroxylamine groups is 1. The van der Waals surface area contributed by atoms with E-state index >= 15 is 0 Å². The molecule has 1 N–H and O–H groups in total. The van der Waals surface area contributed by atoms with E-state index in [2.05, 4.69) is 0 Å². The molecule has 1 atom stereocenters. The highest BCUT2D eigenvalue weighted by Gasteiger charge is 2.41. The van der Waals surface area contributed by atoms with Gasteiger partial charge in [0.2, 0.25) is 0 Å². The number of amides is 1. The molecule has 16 heavy (non-hydrogen) atoms. The molecule has 0 radical (unpaired) electrons. The van der Waals surface area contributed by atoms with Gasteiger partial charge >= 0.3 is 0 Å². The molecule has 0 bridgehead atoms. The van der Waals surface area contributed by atoms with E-state index in [0.717, 1.165) is 6.42 Å². The zero-order chi connectivity index (χ0) is 11.8. The van der Waals surface area contributed by atoms with Gasteiger partial charge in [-0.1, -0.05) is 19.1 Å². The quantitative estimate of drug-likeness (QED) is 0.833. The standard InChI is InChI=1S/C12H15NO3/c1-3-12(2)8-11(15)13(16-12)9-6-4-5-7-10(9)14/h4-7,14H,3,8H2,1-2H3. The summed E-state index contributed by atoms with van der Waals surface area (Å²) in [6.45, 7) is 3.87. The zero-order valence-corrected chi connectivity index (χ0v) is 9.43. The topological polar surface area (TPSA) is 49.8 Å². The third-order valence-electron chi connectivity index (χ3n) is 2.91. The summed E-state index contributed by atoms with van der Waals surface area (Å²) in [6, 6.07) is 6.66. The van der Waals surface area contributed by atoms with Crippen LogP contribution in [-0.2, 0) is 9.63 Å². The SMILES string of the molecule is CCC1(C)CC(=O)N(c2ccccc2O)O1. The van der Waals surface area contributed by atoms with E-state index in [4.69, 9.17) is 4.84 Å². The molecule has 0 aliphatic carbocycles. The zero-order valence-electron chi connectivity index (χ0n) is 9.43. The third-order valence-corrected chi connectivity index (χ3v) is 2.91. The number of aromatic hydroxyl groups is 1. The fourth-order valence-electron chi connectivity index (χ4n) is 1.70. The molecule has 1 aliphatic heterocycles. The van der Waals surface area contributed by atoms with E-state index in [1.165, 1.54) is 11.1 Å². The minimum absolute atomic E-state index is 0.0520. The normalized spacial score (nSPS) is 25.1. The van der Waals surface area contributed by atoms with E-state index in [1.807, 2.05) is 13.8 Å². The van der Waals surface area contributed by atoms with E-state index in [-0.39, 0.29) is 11.7 Å². The first-order valence-corrected chi connectivity index (χ1v) is 5.36. The smallest absolute Gasteiger partial charge is 0.254 e. The Hall–Kier alpha value is -1.55. The van der Waals surface area contributed by atoms with Crippen molar-refractivity contribution in [3.8, 4) is 5.75 Å². The predicted octanol–water partition coefficient (Wildman–Crippen LogP) is 2.23. The Morgan fingerprint density at radius 1 is 1.50 bits per heavy atom. The molecular formula is C12H15NO3. The van der Waals surface area contributed by atoms with Crippen molar-refractivity contribution in [2.75, 3.05) is 5.06 Å². The average Bonchev–Trinajstić information content (AvgIpc) is 2.56. The number of phenols is 1. The summed E-state index contributed by atoms with van der Waals surface area (Å²) in [4.78, 5) is 17.4. The van der Waals surface area contributed by atoms with Crippen LogP contribution in [0.25, 0.3) is 0 Å². The van der Waals surface area contributed by atoms with Crippen molar-refractivity contribution in [2.45, 2.75) is 32.3 Å². The van der Waals surface area contributed by atoms with Crippen molar-refractivity contribution in [3.05, 3.63) is 24.3 Å². The van der Waals surface area contributed by atoms with Gasteiger partial charge in [-0.2, -0.15) is 5.06 Å². The minimum atomic E-state index is -0.459. The summed E-state index contributed by atoms with van der Waals surface area (Å²) in [6.07, 6.45) is 1.10. The molecule has 1 saturated heterocycles. The van der Waals surface area contributed by atoms with Gasteiger partial charge in [-0.3, -0.25) is 9.63 Å². The van der Waals surface area contributed by atoms with Gasteiger partial charge in [-0.05, 0) is 25.5 Å². The number of hydrogen-bond donors (Lipinski definition) is 1. The predicted molar refractivity (Wildman–Crippen MR) is 60.0 cm³/mol. The van der Waals surface area contributed by atoms with Crippen LogP contribution in [0.1, 0.15) is 26.7 Å². The molecule has 1 aromatic rings. The Bertz CT molecular complexity index is 418. The van der Waals surface area contributed by atoms with Gasteiger partial charge in [0.25, 0.3) is 5.91 Å². The van der Waals surface area contributed by atoms with Crippen LogP contribution in [0.15, 0.2) is 24.3 Å². The van der Waals surface area contributed by atoms with Crippen molar-refractivity contribution in [1.82, 2.24) is 0 Å². The van der Waals surface area contributed by atoms with E-state index in [0.29, 0.717) is 12.1 Å². The second-order valence-electron chi connectivity index (χ2n) is 4.25. The molecule has 86 valence electrons. The average molecular weight is 221 g/mol. The summed E-state index contributed by atoms with van der Waals surface area (Å²) in [5.41, 5.74) is -0.0519. The molecule has 1 aliphatic rings. The van der Waals surface area contributed by atoms with Crippen LogP contribution in [0.4, 0.5) is 5.69 Å². The summed E-state index contributed by atoms with van der Waals surface area (Å²) in [7, 11) is 0. The van der Waals surface area contributed by atoms with Crippen LogP contribution in [0.2, 0.25) is 0 Å². The lowest BCUT2D eigenvalue weighted by atomic mass is 10.0. The molecule has 2 rings (SSSR count). The number of phenolic OH excluding ortho intramolecular Hbond substituents is 1. The fourth-order valence-corrected chi connectivity index (χ4v) is 1.70. The van der Waals surface area contributed by atoms with E-state index < -0.39 is 5.60 Å². The molecule has 0 saturated carbocycles. The number of anilines is 1. The number of carbonyl (C=O) groups excluding carboxylic acids is 1. The summed E-state index contributed by atoms with van der Waals surface area (Å²) >= 11 is 0. The summed E-state index contributed by atoms with van der Waals surface area (Å²) < 4.78 is 0. The van der Waals surface area contributed by atoms with E-state index in [1.54, 1.807) is 18.2 Å². The van der Waals surface area contributed by atoms with E-state index in [9.17, 15) is 9.90 Å². The maximum Gasteiger partial charge on any atom is 0.254 e. The first-order chi connectivity index (χ1) is 7.56. The molecule has 1 unspecified atom stereocenters. The van der Waals surface area contributed by atoms with Crippen molar-refractivity contribution in [1.29, 1.82) is 0 Å². The molecule has 1 heterocycles. The van der Waals surface area contributed by atoms with Crippen LogP contribution in [0.5, 0.6) is 5.75 Å². The van der Waals surface area contributed by atoms with Crippen LogP contribution < -0.4 is 5.06 Å². The van der Waals surface area contributed by atoms with Crippen LogP contribution in [0, 0.1) is 0 Å². The summed E-state index contributed by atoms with van der Waals surface area (Å²) in [5.74, 6) is -0.0675. The minimum Gasteiger partial charge on any atom is -0.506 e.